The number of hydrogen-bond donors (Lipinski definition) is 3. The molecular weight excluding hydrogens is 643 g/mol. The van der Waals surface area contributed by atoms with Gasteiger partial charge < -0.3 is 25.0 Å². The molecule has 4 heterocycles. The Kier molecular flexibility index (Phi) is 14.0. The van der Waals surface area contributed by atoms with E-state index in [1.54, 1.807) is 30.9 Å². The summed E-state index contributed by atoms with van der Waals surface area (Å²) < 4.78 is 101. The molecule has 45 heavy (non-hydrogen) atoms. The van der Waals surface area contributed by atoms with E-state index in [9.17, 15) is 44.3 Å². The van der Waals surface area contributed by atoms with Gasteiger partial charge in [0.15, 0.2) is 0 Å². The summed E-state index contributed by atoms with van der Waals surface area (Å²) in [7, 11) is 0. The molecule has 2 atom stereocenters. The van der Waals surface area contributed by atoms with E-state index in [1.165, 1.54) is 0 Å². The van der Waals surface area contributed by atoms with Crippen molar-refractivity contribution in [1.29, 1.82) is 0 Å². The third-order valence-corrected chi connectivity index (χ3v) is 5.44. The Hall–Kier alpha value is -4.69. The van der Waals surface area contributed by atoms with Crippen LogP contribution in [0.5, 0.6) is 5.75 Å². The minimum atomic E-state index is -5.08. The van der Waals surface area contributed by atoms with Gasteiger partial charge in [-0.3, -0.25) is 19.7 Å². The number of carbonyl (C=O) groups excluding carboxylic acids is 1. The second-order valence-electron chi connectivity index (χ2n) is 8.71. The van der Waals surface area contributed by atoms with Crippen molar-refractivity contribution in [3.05, 3.63) is 54.6 Å². The number of carbonyl (C=O) groups is 4. The molecule has 1 amide bonds. The number of aliphatic carboxylic acids is 3. The maximum Gasteiger partial charge on any atom is 0.490 e. The van der Waals surface area contributed by atoms with E-state index in [0.717, 1.165) is 38.3 Å². The molecule has 2 fully saturated rings. The number of pyridine rings is 2. The molecule has 12 nitrogen and oxygen atoms in total. The largest absolute Gasteiger partial charge is 0.490 e. The fraction of sp³-hybridized carbons (Fsp3) is 0.417. The Morgan fingerprint density at radius 2 is 1.20 bits per heavy atom. The highest BCUT2D eigenvalue weighted by atomic mass is 19.4. The summed E-state index contributed by atoms with van der Waals surface area (Å²) in [6, 6.07) is 7.80. The first-order valence-electron chi connectivity index (χ1n) is 12.0. The SMILES string of the molecule is O=C(O)C(F)(F)F.O=C(O)C(F)(F)F.O=C(O)C(F)(F)F.O=C(c1cccnc1)N1CCN2C[C@H](Oc3cccnc3)C[C@H]2C1. The summed E-state index contributed by atoms with van der Waals surface area (Å²) in [5.74, 6) is -7.39. The smallest absolute Gasteiger partial charge is 0.487 e. The van der Waals surface area contributed by atoms with Crippen LogP contribution in [0.2, 0.25) is 0 Å². The molecule has 3 N–H and O–H groups in total. The van der Waals surface area contributed by atoms with Gasteiger partial charge in [0.2, 0.25) is 0 Å². The van der Waals surface area contributed by atoms with E-state index in [4.69, 9.17) is 34.4 Å². The van der Waals surface area contributed by atoms with Crippen molar-refractivity contribution in [3.63, 3.8) is 0 Å². The number of fused-ring (bicyclic) bond motifs is 1. The van der Waals surface area contributed by atoms with Crippen LogP contribution in [0.15, 0.2) is 49.1 Å². The quantitative estimate of drug-likeness (QED) is 0.411. The first-order chi connectivity index (χ1) is 20.6. The van der Waals surface area contributed by atoms with Crippen LogP contribution >= 0.6 is 0 Å². The topological polar surface area (TPSA) is 170 Å². The number of amides is 1. The lowest BCUT2D eigenvalue weighted by atomic mass is 10.1. The summed E-state index contributed by atoms with van der Waals surface area (Å²) in [5.41, 5.74) is 0.659. The molecule has 0 aliphatic carbocycles. The summed E-state index contributed by atoms with van der Waals surface area (Å²) in [5, 5.41) is 21.4. The van der Waals surface area contributed by atoms with E-state index >= 15 is 0 Å². The number of halogens is 9. The first kappa shape index (κ1) is 38.3. The Labute approximate surface area is 246 Å². The molecule has 21 heteroatoms. The zero-order chi connectivity index (χ0) is 34.6. The average Bonchev–Trinajstić information content (AvgIpc) is 3.34. The fourth-order valence-corrected chi connectivity index (χ4v) is 3.55. The lowest BCUT2D eigenvalue weighted by Crippen LogP contribution is -2.52. The van der Waals surface area contributed by atoms with E-state index in [-0.39, 0.29) is 12.0 Å². The number of hydrogen-bond acceptors (Lipinski definition) is 8. The molecule has 0 saturated carbocycles. The molecule has 0 bridgehead atoms. The van der Waals surface area contributed by atoms with Gasteiger partial charge in [-0.2, -0.15) is 39.5 Å². The highest BCUT2D eigenvalue weighted by Gasteiger charge is 2.40. The summed E-state index contributed by atoms with van der Waals surface area (Å²) in [6.07, 6.45) is -7.34. The van der Waals surface area contributed by atoms with Crippen molar-refractivity contribution in [1.82, 2.24) is 19.8 Å². The fourth-order valence-electron chi connectivity index (χ4n) is 3.55. The molecule has 0 unspecified atom stereocenters. The van der Waals surface area contributed by atoms with E-state index < -0.39 is 36.4 Å². The first-order valence-corrected chi connectivity index (χ1v) is 12.0. The minimum Gasteiger partial charge on any atom is -0.487 e. The third kappa shape index (κ3) is 14.1. The predicted molar refractivity (Wildman–Crippen MR) is 130 cm³/mol. The minimum absolute atomic E-state index is 0.0689. The molecule has 2 aromatic rings. The molecular formula is C24H23F9N4O8. The molecule has 250 valence electrons. The van der Waals surface area contributed by atoms with Crippen LogP contribution in [0.25, 0.3) is 0 Å². The second-order valence-corrected chi connectivity index (χ2v) is 8.71. The molecule has 0 aromatic carbocycles. The van der Waals surface area contributed by atoms with Crippen LogP contribution in [-0.2, 0) is 14.4 Å². The van der Waals surface area contributed by atoms with Crippen LogP contribution in [0.4, 0.5) is 39.5 Å². The number of piperazine rings is 1. The van der Waals surface area contributed by atoms with Gasteiger partial charge in [0.1, 0.15) is 11.9 Å². The van der Waals surface area contributed by atoms with Crippen molar-refractivity contribution in [2.45, 2.75) is 37.1 Å². The lowest BCUT2D eigenvalue weighted by Gasteiger charge is -2.37. The molecule has 2 saturated heterocycles. The van der Waals surface area contributed by atoms with Crippen LogP contribution in [0.1, 0.15) is 16.8 Å². The normalized spacial score (nSPS) is 17.9. The maximum absolute atomic E-state index is 12.6. The van der Waals surface area contributed by atoms with Gasteiger partial charge in [-0.05, 0) is 24.3 Å². The van der Waals surface area contributed by atoms with E-state index in [1.807, 2.05) is 23.1 Å². The van der Waals surface area contributed by atoms with Crippen LogP contribution in [0.3, 0.4) is 0 Å². The van der Waals surface area contributed by atoms with E-state index in [0.29, 0.717) is 11.6 Å². The maximum atomic E-state index is 12.6. The monoisotopic (exact) mass is 666 g/mol. The summed E-state index contributed by atoms with van der Waals surface area (Å²) in [6.45, 7) is 3.31. The number of ether oxygens (including phenoxy) is 1. The standard InChI is InChI=1S/C18H20N4O2.3C2HF3O2/c23-18(14-3-1-5-19-10-14)22-8-7-21-13-17(9-15(21)12-22)24-16-4-2-6-20-11-16;3*3-2(4,5)1(6)7/h1-6,10-11,15,17H,7-9,12-13H2;3*(H,6,7)/t15-,17+;;;/m0.../s1. The lowest BCUT2D eigenvalue weighted by molar-refractivity contribution is -0.193. The highest BCUT2D eigenvalue weighted by molar-refractivity contribution is 5.94. The van der Waals surface area contributed by atoms with Gasteiger partial charge in [-0.1, -0.05) is 0 Å². The van der Waals surface area contributed by atoms with Gasteiger partial charge in [0, 0.05) is 57.2 Å². The molecule has 2 aliphatic rings. The molecule has 2 aliphatic heterocycles. The van der Waals surface area contributed by atoms with Crippen LogP contribution in [-0.4, -0.2) is 116 Å². The van der Waals surface area contributed by atoms with Crippen molar-refractivity contribution in [2.24, 2.45) is 0 Å². The van der Waals surface area contributed by atoms with Crippen molar-refractivity contribution < 1.29 is 78.7 Å². The molecule has 0 spiro atoms. The number of alkyl halides is 9. The van der Waals surface area contributed by atoms with Crippen LogP contribution in [0, 0.1) is 0 Å². The Balaban J connectivity index is 0.000000396. The predicted octanol–water partition coefficient (Wildman–Crippen LogP) is 3.35. The average molecular weight is 666 g/mol. The van der Waals surface area contributed by atoms with Crippen molar-refractivity contribution in [3.8, 4) is 5.75 Å². The number of aromatic nitrogens is 2. The zero-order valence-corrected chi connectivity index (χ0v) is 22.4. The number of carboxylic acid groups (broad SMARTS) is 3. The zero-order valence-electron chi connectivity index (χ0n) is 22.4. The Morgan fingerprint density at radius 1 is 0.733 bits per heavy atom. The number of rotatable bonds is 3. The van der Waals surface area contributed by atoms with Crippen molar-refractivity contribution in [2.75, 3.05) is 26.2 Å². The summed E-state index contributed by atoms with van der Waals surface area (Å²) >= 11 is 0. The molecule has 2 aromatic heterocycles. The van der Waals surface area contributed by atoms with E-state index in [2.05, 4.69) is 14.9 Å². The molecule has 4 rings (SSSR count). The van der Waals surface area contributed by atoms with Gasteiger partial charge in [-0.15, -0.1) is 0 Å². The summed E-state index contributed by atoms with van der Waals surface area (Å²) in [4.78, 5) is 51.8. The van der Waals surface area contributed by atoms with Gasteiger partial charge in [0.05, 0.1) is 11.8 Å². The Morgan fingerprint density at radius 3 is 1.60 bits per heavy atom. The van der Waals surface area contributed by atoms with Gasteiger partial charge in [0.25, 0.3) is 5.91 Å². The van der Waals surface area contributed by atoms with Crippen LogP contribution < -0.4 is 4.74 Å². The number of nitrogens with zero attached hydrogens (tertiary/aromatic N) is 4. The highest BCUT2D eigenvalue weighted by Crippen LogP contribution is 2.26. The number of carboxylic acids is 3. The van der Waals surface area contributed by atoms with Gasteiger partial charge >= 0.3 is 36.4 Å². The second kappa shape index (κ2) is 16.4. The third-order valence-electron chi connectivity index (χ3n) is 5.44. The molecule has 0 radical (unpaired) electrons. The Bertz CT molecular complexity index is 1210. The van der Waals surface area contributed by atoms with Crippen molar-refractivity contribution >= 4 is 23.8 Å². The van der Waals surface area contributed by atoms with Gasteiger partial charge in [-0.25, -0.2) is 14.4 Å².